The van der Waals surface area contributed by atoms with Crippen LogP contribution in [-0.2, 0) is 18.3 Å². The quantitative estimate of drug-likeness (QED) is 0.895. The monoisotopic (exact) mass is 246 g/mol. The van der Waals surface area contributed by atoms with Crippen molar-refractivity contribution in [2.45, 2.75) is 32.3 Å². The third-order valence-electron chi connectivity index (χ3n) is 3.49. The highest BCUT2D eigenvalue weighted by Gasteiger charge is 2.28. The molecule has 1 N–H and O–H groups in total. The number of aryl methyl sites for hydroxylation is 1. The maximum absolute atomic E-state index is 12.0. The Morgan fingerprint density at radius 2 is 2.11 bits per heavy atom. The van der Waals surface area contributed by atoms with Crippen molar-refractivity contribution in [1.82, 2.24) is 9.55 Å². The number of rotatable bonds is 4. The number of carbonyl (C=O) groups is 1. The molecule has 2 rings (SSSR count). The van der Waals surface area contributed by atoms with Gasteiger partial charge in [0.1, 0.15) is 11.4 Å². The summed E-state index contributed by atoms with van der Waals surface area (Å²) in [5.41, 5.74) is 0.605. The maximum Gasteiger partial charge on any atom is 0.171 e. The molecule has 0 bridgehead atoms. The van der Waals surface area contributed by atoms with Crippen LogP contribution in [0.3, 0.4) is 0 Å². The number of nitrogens with zero attached hydrogens (tertiary/aromatic N) is 2. The fourth-order valence-electron chi connectivity index (χ4n) is 1.88. The van der Waals surface area contributed by atoms with E-state index in [0.717, 1.165) is 11.0 Å². The molecule has 0 saturated carbocycles. The zero-order chi connectivity index (χ0) is 13.3. The van der Waals surface area contributed by atoms with E-state index in [9.17, 15) is 9.90 Å². The van der Waals surface area contributed by atoms with E-state index in [4.69, 9.17) is 0 Å². The Morgan fingerprint density at radius 3 is 2.72 bits per heavy atom. The normalized spacial score (nSPS) is 14.7. The van der Waals surface area contributed by atoms with Crippen LogP contribution < -0.4 is 0 Å². The molecule has 4 nitrogen and oxygen atoms in total. The average Bonchev–Trinajstić information content (AvgIpc) is 2.67. The first-order chi connectivity index (χ1) is 8.45. The molecule has 18 heavy (non-hydrogen) atoms. The fourth-order valence-corrected chi connectivity index (χ4v) is 1.88. The van der Waals surface area contributed by atoms with Gasteiger partial charge in [-0.2, -0.15) is 0 Å². The van der Waals surface area contributed by atoms with E-state index < -0.39 is 5.60 Å². The molecule has 96 valence electrons. The van der Waals surface area contributed by atoms with Gasteiger partial charge in [-0.05, 0) is 25.5 Å². The summed E-state index contributed by atoms with van der Waals surface area (Å²) in [5, 5.41) is 9.93. The summed E-state index contributed by atoms with van der Waals surface area (Å²) >= 11 is 0. The predicted octanol–water partition coefficient (Wildman–Crippen LogP) is 1.85. The first-order valence-corrected chi connectivity index (χ1v) is 6.11. The highest BCUT2D eigenvalue weighted by atomic mass is 16.3. The topological polar surface area (TPSA) is 55.1 Å². The molecule has 0 aliphatic rings. The van der Waals surface area contributed by atoms with E-state index in [1.807, 2.05) is 35.9 Å². The molecule has 4 heteroatoms. The lowest BCUT2D eigenvalue weighted by Crippen LogP contribution is -2.36. The summed E-state index contributed by atoms with van der Waals surface area (Å²) < 4.78 is 1.90. The lowest BCUT2D eigenvalue weighted by molar-refractivity contribution is -0.135. The van der Waals surface area contributed by atoms with Gasteiger partial charge >= 0.3 is 0 Å². The van der Waals surface area contributed by atoms with Crippen LogP contribution in [0.4, 0.5) is 0 Å². The van der Waals surface area contributed by atoms with Gasteiger partial charge in [0.25, 0.3) is 0 Å². The SMILES string of the molecule is CCC(C)(O)C(=O)Cc1nc2ccccc2n1C. The third-order valence-corrected chi connectivity index (χ3v) is 3.49. The van der Waals surface area contributed by atoms with E-state index in [2.05, 4.69) is 4.98 Å². The highest BCUT2D eigenvalue weighted by molar-refractivity contribution is 5.88. The van der Waals surface area contributed by atoms with Gasteiger partial charge in [-0.25, -0.2) is 4.98 Å². The Bertz CT molecular complexity index is 584. The minimum atomic E-state index is -1.27. The Labute approximate surface area is 106 Å². The second kappa shape index (κ2) is 4.53. The van der Waals surface area contributed by atoms with E-state index in [-0.39, 0.29) is 12.2 Å². The van der Waals surface area contributed by atoms with Crippen molar-refractivity contribution >= 4 is 16.8 Å². The van der Waals surface area contributed by atoms with Crippen LogP contribution in [0.2, 0.25) is 0 Å². The standard InChI is InChI=1S/C14H18N2O2/c1-4-14(2,18)12(17)9-13-15-10-7-5-6-8-11(10)16(13)3/h5-8,18H,4,9H2,1-3H3. The van der Waals surface area contributed by atoms with Crippen LogP contribution in [0, 0.1) is 0 Å². The summed E-state index contributed by atoms with van der Waals surface area (Å²) in [6.45, 7) is 3.35. The van der Waals surface area contributed by atoms with Crippen molar-refractivity contribution in [1.29, 1.82) is 0 Å². The van der Waals surface area contributed by atoms with Gasteiger partial charge in [0, 0.05) is 7.05 Å². The number of aromatic nitrogens is 2. The van der Waals surface area contributed by atoms with Crippen LogP contribution in [-0.4, -0.2) is 26.0 Å². The second-order valence-electron chi connectivity index (χ2n) is 4.80. The van der Waals surface area contributed by atoms with Crippen molar-refractivity contribution in [3.8, 4) is 0 Å². The second-order valence-corrected chi connectivity index (χ2v) is 4.80. The van der Waals surface area contributed by atoms with Crippen molar-refractivity contribution in [2.75, 3.05) is 0 Å². The molecule has 0 amide bonds. The van der Waals surface area contributed by atoms with Gasteiger partial charge in [0.05, 0.1) is 17.5 Å². The van der Waals surface area contributed by atoms with Gasteiger partial charge in [-0.3, -0.25) is 4.79 Å². The zero-order valence-electron chi connectivity index (χ0n) is 11.0. The van der Waals surface area contributed by atoms with E-state index in [1.54, 1.807) is 13.8 Å². The molecule has 0 radical (unpaired) electrons. The van der Waals surface area contributed by atoms with Gasteiger partial charge in [-0.1, -0.05) is 19.1 Å². The van der Waals surface area contributed by atoms with Gasteiger partial charge < -0.3 is 9.67 Å². The largest absolute Gasteiger partial charge is 0.382 e. The molecule has 1 unspecified atom stereocenters. The number of aliphatic hydroxyl groups is 1. The number of hydrogen-bond donors (Lipinski definition) is 1. The molecule has 1 atom stereocenters. The average molecular weight is 246 g/mol. The first kappa shape index (κ1) is 12.8. The Balaban J connectivity index is 2.33. The number of para-hydroxylation sites is 2. The molecule has 0 fully saturated rings. The molecule has 1 aromatic carbocycles. The van der Waals surface area contributed by atoms with E-state index in [0.29, 0.717) is 12.2 Å². The van der Waals surface area contributed by atoms with E-state index in [1.165, 1.54) is 0 Å². The molecular formula is C14H18N2O2. The molecule has 0 saturated heterocycles. The fraction of sp³-hybridized carbons (Fsp3) is 0.429. The number of fused-ring (bicyclic) bond motifs is 1. The van der Waals surface area contributed by atoms with Crippen LogP contribution in [0.1, 0.15) is 26.1 Å². The van der Waals surface area contributed by atoms with Crippen LogP contribution >= 0.6 is 0 Å². The molecule has 2 aromatic rings. The molecule has 0 aliphatic carbocycles. The smallest absolute Gasteiger partial charge is 0.171 e. The summed E-state index contributed by atoms with van der Waals surface area (Å²) in [5.74, 6) is 0.498. The van der Waals surface area contributed by atoms with E-state index >= 15 is 0 Å². The lowest BCUT2D eigenvalue weighted by atomic mass is 9.95. The number of imidazole rings is 1. The van der Waals surface area contributed by atoms with Crippen molar-refractivity contribution < 1.29 is 9.90 Å². The Hall–Kier alpha value is -1.68. The number of ketones is 1. The maximum atomic E-state index is 12.0. The number of Topliss-reactive ketones (excluding diaryl/α,β-unsaturated/α-hetero) is 1. The van der Waals surface area contributed by atoms with Crippen LogP contribution in [0.25, 0.3) is 11.0 Å². The minimum Gasteiger partial charge on any atom is -0.382 e. The van der Waals surface area contributed by atoms with Gasteiger partial charge in [0.2, 0.25) is 0 Å². The molecule has 0 spiro atoms. The molecule has 0 aliphatic heterocycles. The lowest BCUT2D eigenvalue weighted by Gasteiger charge is -2.19. The van der Waals surface area contributed by atoms with Gasteiger partial charge in [-0.15, -0.1) is 0 Å². The Kier molecular flexibility index (Phi) is 3.22. The van der Waals surface area contributed by atoms with Crippen molar-refractivity contribution in [2.24, 2.45) is 7.05 Å². The summed E-state index contributed by atoms with van der Waals surface area (Å²) in [7, 11) is 1.89. The van der Waals surface area contributed by atoms with Crippen molar-refractivity contribution in [3.63, 3.8) is 0 Å². The summed E-state index contributed by atoms with van der Waals surface area (Å²) in [6.07, 6.45) is 0.571. The Morgan fingerprint density at radius 1 is 1.44 bits per heavy atom. The van der Waals surface area contributed by atoms with Crippen LogP contribution in [0.15, 0.2) is 24.3 Å². The highest BCUT2D eigenvalue weighted by Crippen LogP contribution is 2.18. The number of hydrogen-bond acceptors (Lipinski definition) is 3. The van der Waals surface area contributed by atoms with Crippen LogP contribution in [0.5, 0.6) is 0 Å². The number of carbonyl (C=O) groups excluding carboxylic acids is 1. The third kappa shape index (κ3) is 2.16. The van der Waals surface area contributed by atoms with Gasteiger partial charge in [0.15, 0.2) is 5.78 Å². The first-order valence-electron chi connectivity index (χ1n) is 6.11. The minimum absolute atomic E-state index is 0.159. The van der Waals surface area contributed by atoms with Crippen molar-refractivity contribution in [3.05, 3.63) is 30.1 Å². The molecule has 1 heterocycles. The summed E-state index contributed by atoms with van der Waals surface area (Å²) in [4.78, 5) is 16.4. The molecule has 1 aromatic heterocycles. The predicted molar refractivity (Wildman–Crippen MR) is 70.3 cm³/mol. The zero-order valence-corrected chi connectivity index (χ0v) is 11.0. The molecular weight excluding hydrogens is 228 g/mol. The summed E-state index contributed by atoms with van der Waals surface area (Å²) in [6, 6.07) is 7.75. The number of benzene rings is 1.